The van der Waals surface area contributed by atoms with Gasteiger partial charge in [0, 0.05) is 12.1 Å². The molecule has 0 atom stereocenters. The van der Waals surface area contributed by atoms with E-state index in [9.17, 15) is 4.79 Å². The second-order valence-electron chi connectivity index (χ2n) is 5.40. The largest absolute Gasteiger partial charge is 0.475 e. The quantitative estimate of drug-likeness (QED) is 0.798. The number of carboxylic acid groups (broad SMARTS) is 1. The fourth-order valence-electron chi connectivity index (χ4n) is 2.55. The first-order chi connectivity index (χ1) is 10.6. The normalized spacial score (nSPS) is 14.6. The summed E-state index contributed by atoms with van der Waals surface area (Å²) < 4.78 is 7.32. The highest BCUT2D eigenvalue weighted by Gasteiger charge is 2.30. The van der Waals surface area contributed by atoms with Crippen molar-refractivity contribution in [3.63, 3.8) is 0 Å². The van der Waals surface area contributed by atoms with Gasteiger partial charge in [0.1, 0.15) is 17.1 Å². The van der Waals surface area contributed by atoms with Crippen molar-refractivity contribution < 1.29 is 14.3 Å². The van der Waals surface area contributed by atoms with Gasteiger partial charge in [0.2, 0.25) is 5.76 Å². The minimum atomic E-state index is -1.07. The van der Waals surface area contributed by atoms with Crippen LogP contribution >= 0.6 is 11.6 Å². The first kappa shape index (κ1) is 13.3. The van der Waals surface area contributed by atoms with Crippen molar-refractivity contribution in [3.05, 3.63) is 46.8 Å². The van der Waals surface area contributed by atoms with Crippen LogP contribution in [0, 0.1) is 0 Å². The van der Waals surface area contributed by atoms with E-state index in [1.54, 1.807) is 18.3 Å². The van der Waals surface area contributed by atoms with Crippen LogP contribution in [0.5, 0.6) is 0 Å². The van der Waals surface area contributed by atoms with Crippen molar-refractivity contribution in [2.24, 2.45) is 0 Å². The van der Waals surface area contributed by atoms with E-state index in [0.29, 0.717) is 23.2 Å². The maximum atomic E-state index is 10.9. The van der Waals surface area contributed by atoms with E-state index in [4.69, 9.17) is 21.1 Å². The summed E-state index contributed by atoms with van der Waals surface area (Å²) in [5, 5.41) is 9.49. The number of aromatic nitrogens is 3. The Morgan fingerprint density at radius 3 is 2.95 bits per heavy atom. The smallest absolute Gasteiger partial charge is 0.371 e. The van der Waals surface area contributed by atoms with E-state index in [2.05, 4.69) is 9.97 Å². The lowest BCUT2D eigenvalue weighted by molar-refractivity contribution is 0.0660. The molecule has 3 aromatic heterocycles. The maximum absolute atomic E-state index is 10.9. The molecule has 1 fully saturated rings. The third-order valence-corrected chi connectivity index (χ3v) is 3.92. The maximum Gasteiger partial charge on any atom is 0.371 e. The summed E-state index contributed by atoms with van der Waals surface area (Å²) in [5.41, 5.74) is 1.49. The molecule has 0 bridgehead atoms. The molecule has 1 aliphatic rings. The minimum absolute atomic E-state index is 0.0663. The number of carbonyl (C=O) groups is 1. The molecule has 7 heteroatoms. The molecular weight excluding hydrogens is 306 g/mol. The van der Waals surface area contributed by atoms with Crippen LogP contribution < -0.4 is 0 Å². The predicted molar refractivity (Wildman–Crippen MR) is 79.3 cm³/mol. The van der Waals surface area contributed by atoms with E-state index in [1.807, 2.05) is 4.57 Å². The van der Waals surface area contributed by atoms with Crippen molar-refractivity contribution in [2.45, 2.75) is 25.3 Å². The first-order valence-electron chi connectivity index (χ1n) is 6.95. The molecule has 1 N–H and O–H groups in total. The zero-order valence-electron chi connectivity index (χ0n) is 11.5. The molecule has 6 nitrogen and oxygen atoms in total. The van der Waals surface area contributed by atoms with Crippen LogP contribution in [0.1, 0.15) is 40.9 Å². The average molecular weight is 318 g/mol. The summed E-state index contributed by atoms with van der Waals surface area (Å²) in [6.45, 7) is 0.407. The first-order valence-corrected chi connectivity index (χ1v) is 7.33. The number of nitrogens with zero attached hydrogens (tertiary/aromatic N) is 3. The molecule has 0 aliphatic heterocycles. The molecule has 0 amide bonds. The molecule has 0 unspecified atom stereocenters. The number of hydrogen-bond acceptors (Lipinski definition) is 4. The Balaban J connectivity index is 1.78. The van der Waals surface area contributed by atoms with Gasteiger partial charge >= 0.3 is 5.97 Å². The number of hydrogen-bond donors (Lipinski definition) is 1. The Morgan fingerprint density at radius 1 is 1.45 bits per heavy atom. The molecule has 3 heterocycles. The fourth-order valence-corrected chi connectivity index (χ4v) is 2.70. The molecule has 4 rings (SSSR count). The number of rotatable bonds is 4. The number of carboxylic acids is 1. The van der Waals surface area contributed by atoms with Gasteiger partial charge in [0.05, 0.1) is 11.6 Å². The fraction of sp³-hybridized carbons (Fsp3) is 0.267. The Morgan fingerprint density at radius 2 is 2.27 bits per heavy atom. The predicted octanol–water partition coefficient (Wildman–Crippen LogP) is 3.30. The lowest BCUT2D eigenvalue weighted by Gasteiger charge is -2.05. The molecular formula is C15H12ClN3O3. The van der Waals surface area contributed by atoms with Gasteiger partial charge < -0.3 is 14.1 Å². The Hall–Kier alpha value is -2.34. The number of halogens is 1. The van der Waals surface area contributed by atoms with E-state index in [0.717, 1.165) is 29.8 Å². The van der Waals surface area contributed by atoms with Gasteiger partial charge in [0.15, 0.2) is 5.65 Å². The van der Waals surface area contributed by atoms with Crippen molar-refractivity contribution in [1.82, 2.24) is 14.5 Å². The third kappa shape index (κ3) is 2.25. The van der Waals surface area contributed by atoms with Gasteiger partial charge in [0.25, 0.3) is 0 Å². The van der Waals surface area contributed by atoms with Crippen molar-refractivity contribution in [2.75, 3.05) is 0 Å². The third-order valence-electron chi connectivity index (χ3n) is 3.71. The molecule has 22 heavy (non-hydrogen) atoms. The van der Waals surface area contributed by atoms with Gasteiger partial charge in [-0.1, -0.05) is 11.6 Å². The van der Waals surface area contributed by atoms with Crippen molar-refractivity contribution in [3.8, 4) is 0 Å². The molecule has 0 spiro atoms. The molecule has 112 valence electrons. The topological polar surface area (TPSA) is 81.1 Å². The molecule has 1 aliphatic carbocycles. The lowest BCUT2D eigenvalue weighted by Crippen LogP contribution is -2.04. The SMILES string of the molecule is O=C(O)c1ccc(Cn2c(C3CC3)nc3cc(Cl)cnc32)o1. The number of furan rings is 1. The van der Waals surface area contributed by atoms with E-state index in [1.165, 1.54) is 6.07 Å². The van der Waals surface area contributed by atoms with Crippen molar-refractivity contribution in [1.29, 1.82) is 0 Å². The number of fused-ring (bicyclic) bond motifs is 1. The number of imidazole rings is 1. The minimum Gasteiger partial charge on any atom is -0.475 e. The summed E-state index contributed by atoms with van der Waals surface area (Å²) in [4.78, 5) is 19.9. The van der Waals surface area contributed by atoms with Crippen LogP contribution in [0.3, 0.4) is 0 Å². The van der Waals surface area contributed by atoms with Crippen molar-refractivity contribution >= 4 is 28.7 Å². The molecule has 0 saturated heterocycles. The van der Waals surface area contributed by atoms with Gasteiger partial charge in [-0.15, -0.1) is 0 Å². The van der Waals surface area contributed by atoms with Gasteiger partial charge in [-0.25, -0.2) is 14.8 Å². The summed E-state index contributed by atoms with van der Waals surface area (Å²) in [5.74, 6) is 0.813. The van der Waals surface area contributed by atoms with Crippen LogP contribution in [0.25, 0.3) is 11.2 Å². The summed E-state index contributed by atoms with van der Waals surface area (Å²) in [6.07, 6.45) is 3.80. The summed E-state index contributed by atoms with van der Waals surface area (Å²) in [6, 6.07) is 4.91. The highest BCUT2D eigenvalue weighted by Crippen LogP contribution is 2.40. The Kier molecular flexibility index (Phi) is 2.94. The van der Waals surface area contributed by atoms with E-state index < -0.39 is 5.97 Å². The summed E-state index contributed by atoms with van der Waals surface area (Å²) >= 11 is 5.98. The van der Waals surface area contributed by atoms with Crippen LogP contribution in [-0.2, 0) is 6.54 Å². The molecule has 0 radical (unpaired) electrons. The Labute approximate surface area is 130 Å². The molecule has 3 aromatic rings. The van der Waals surface area contributed by atoms with Crippen LogP contribution in [-0.4, -0.2) is 25.6 Å². The second-order valence-corrected chi connectivity index (χ2v) is 5.83. The lowest BCUT2D eigenvalue weighted by atomic mass is 10.3. The van der Waals surface area contributed by atoms with Gasteiger partial charge in [-0.2, -0.15) is 0 Å². The zero-order valence-corrected chi connectivity index (χ0v) is 12.2. The average Bonchev–Trinajstić information content (AvgIpc) is 3.11. The Bertz CT molecular complexity index is 879. The molecule has 0 aromatic carbocycles. The van der Waals surface area contributed by atoms with Crippen LogP contribution in [0.4, 0.5) is 0 Å². The highest BCUT2D eigenvalue weighted by atomic mass is 35.5. The second kappa shape index (κ2) is 4.84. The van der Waals surface area contributed by atoms with E-state index >= 15 is 0 Å². The van der Waals surface area contributed by atoms with E-state index in [-0.39, 0.29) is 5.76 Å². The standard InChI is InChI=1S/C15H12ClN3O3/c16-9-5-11-14(17-6-9)19(13(18-11)8-1-2-8)7-10-3-4-12(22-10)15(20)21/h3-6,8H,1-2,7H2,(H,20,21). The van der Waals surface area contributed by atoms with Gasteiger partial charge in [-0.05, 0) is 31.0 Å². The van der Waals surface area contributed by atoms with Gasteiger partial charge in [-0.3, -0.25) is 0 Å². The zero-order chi connectivity index (χ0) is 15.3. The molecule has 1 saturated carbocycles. The monoisotopic (exact) mass is 317 g/mol. The number of pyridine rings is 1. The van der Waals surface area contributed by atoms with Crippen LogP contribution in [0.2, 0.25) is 5.02 Å². The summed E-state index contributed by atoms with van der Waals surface area (Å²) in [7, 11) is 0. The van der Waals surface area contributed by atoms with Crippen LogP contribution in [0.15, 0.2) is 28.8 Å². The number of aromatic carboxylic acids is 1. The highest BCUT2D eigenvalue weighted by molar-refractivity contribution is 6.31.